The van der Waals surface area contributed by atoms with Gasteiger partial charge in [-0.15, -0.1) is 0 Å². The van der Waals surface area contributed by atoms with Crippen molar-refractivity contribution in [3.63, 3.8) is 0 Å². The maximum atomic E-state index is 13.9. The van der Waals surface area contributed by atoms with Crippen LogP contribution in [0.15, 0.2) is 41.2 Å². The number of carbonyl (C=O) groups excluding carboxylic acids is 2. The van der Waals surface area contributed by atoms with E-state index in [0.717, 1.165) is 24.2 Å². The molecule has 2 saturated heterocycles. The van der Waals surface area contributed by atoms with Gasteiger partial charge in [-0.1, -0.05) is 12.1 Å². The summed E-state index contributed by atoms with van der Waals surface area (Å²) in [6.45, 7) is 2.49. The Kier molecular flexibility index (Phi) is 5.42. The lowest BCUT2D eigenvalue weighted by Crippen LogP contribution is -2.67. The normalized spacial score (nSPS) is 24.8. The molecule has 0 aliphatic carbocycles. The van der Waals surface area contributed by atoms with Crippen LogP contribution in [0, 0.1) is 11.3 Å². The Hall–Kier alpha value is -3.24. The van der Waals surface area contributed by atoms with Crippen LogP contribution in [0.4, 0.5) is 0 Å². The van der Waals surface area contributed by atoms with E-state index in [9.17, 15) is 14.4 Å². The highest BCUT2D eigenvalue weighted by molar-refractivity contribution is 7.80. The molecule has 2 bridgehead atoms. The Morgan fingerprint density at radius 1 is 0.972 bits per heavy atom. The van der Waals surface area contributed by atoms with Gasteiger partial charge in [-0.25, -0.2) is 0 Å². The third-order valence-corrected chi connectivity index (χ3v) is 8.54. The fourth-order valence-electron chi connectivity index (χ4n) is 6.38. The SMILES string of the molecule is CN1C(=O)C(Cc2ccc3c(c2)OCO3)(CN2C[C@H]3C[C@@H](C2)c2cccc(=O)n2C3)C(=O)N(C)C1=S. The molecule has 0 radical (unpaired) electrons. The Labute approximate surface area is 214 Å². The van der Waals surface area contributed by atoms with Crippen molar-refractivity contribution < 1.29 is 19.1 Å². The summed E-state index contributed by atoms with van der Waals surface area (Å²) in [4.78, 5) is 45.3. The molecule has 0 spiro atoms. The van der Waals surface area contributed by atoms with E-state index < -0.39 is 5.41 Å². The molecule has 6 rings (SSSR count). The molecule has 0 saturated carbocycles. The maximum absolute atomic E-state index is 13.9. The number of amides is 2. The number of benzene rings is 1. The number of likely N-dealkylation sites (tertiary alicyclic amines) is 1. The summed E-state index contributed by atoms with van der Waals surface area (Å²) >= 11 is 5.39. The van der Waals surface area contributed by atoms with Gasteiger partial charge in [-0.05, 0) is 54.7 Å². The number of carbonyl (C=O) groups is 2. The second-order valence-electron chi connectivity index (χ2n) is 10.3. The lowest BCUT2D eigenvalue weighted by atomic mass is 9.75. The maximum Gasteiger partial charge on any atom is 0.250 e. The molecular formula is C26H28N4O5S. The van der Waals surface area contributed by atoms with Crippen molar-refractivity contribution in [1.82, 2.24) is 19.3 Å². The lowest BCUT2D eigenvalue weighted by Gasteiger charge is -2.48. The molecule has 2 fully saturated rings. The highest BCUT2D eigenvalue weighted by atomic mass is 32.1. The third-order valence-electron chi connectivity index (χ3n) is 7.99. The second kappa shape index (κ2) is 8.41. The number of aromatic nitrogens is 1. The van der Waals surface area contributed by atoms with Crippen LogP contribution in [0.3, 0.4) is 0 Å². The van der Waals surface area contributed by atoms with Crippen LogP contribution in [0.25, 0.3) is 0 Å². The Bertz CT molecular complexity index is 1320. The van der Waals surface area contributed by atoms with Crippen molar-refractivity contribution in [3.8, 4) is 11.5 Å². The van der Waals surface area contributed by atoms with Crippen molar-refractivity contribution in [3.05, 3.63) is 58.0 Å². The molecule has 0 N–H and O–H groups in total. The number of rotatable bonds is 4. The van der Waals surface area contributed by atoms with Gasteiger partial charge in [0.25, 0.3) is 5.56 Å². The highest BCUT2D eigenvalue weighted by Crippen LogP contribution is 2.40. The van der Waals surface area contributed by atoms with Crippen LogP contribution in [-0.4, -0.2) is 76.7 Å². The topological polar surface area (TPSA) is 84.3 Å². The summed E-state index contributed by atoms with van der Waals surface area (Å²) in [6.07, 6.45) is 1.22. The average molecular weight is 509 g/mol. The van der Waals surface area contributed by atoms with Crippen LogP contribution in [0.1, 0.15) is 23.6 Å². The molecule has 36 heavy (non-hydrogen) atoms. The van der Waals surface area contributed by atoms with Crippen LogP contribution < -0.4 is 15.0 Å². The summed E-state index contributed by atoms with van der Waals surface area (Å²) in [5, 5.41) is 0.204. The Morgan fingerprint density at radius 3 is 2.50 bits per heavy atom. The molecule has 2 atom stereocenters. The van der Waals surface area contributed by atoms with Gasteiger partial charge in [0.1, 0.15) is 5.41 Å². The summed E-state index contributed by atoms with van der Waals surface area (Å²) in [7, 11) is 3.27. The molecule has 188 valence electrons. The number of piperidine rings is 1. The summed E-state index contributed by atoms with van der Waals surface area (Å²) in [5.41, 5.74) is 0.556. The van der Waals surface area contributed by atoms with E-state index >= 15 is 0 Å². The van der Waals surface area contributed by atoms with E-state index in [-0.39, 0.29) is 54.1 Å². The van der Waals surface area contributed by atoms with E-state index in [0.29, 0.717) is 24.6 Å². The second-order valence-corrected chi connectivity index (χ2v) is 10.7. The zero-order valence-corrected chi connectivity index (χ0v) is 21.1. The zero-order chi connectivity index (χ0) is 25.2. The standard InChI is InChI=1S/C26H28N4O5S/c1-27-23(32)26(24(33)28(2)25(27)36,10-16-6-7-20-21(9-16)35-15-34-20)14-29-11-17-8-18(13-29)19-4-3-5-22(31)30(19)12-17/h3-7,9,17-18H,8,10-15H2,1-2H3/t17-,18+/m1/s1. The number of nitrogens with zero attached hydrogens (tertiary/aromatic N) is 4. The van der Waals surface area contributed by atoms with Gasteiger partial charge >= 0.3 is 0 Å². The first-order valence-corrected chi connectivity index (χ1v) is 12.6. The lowest BCUT2D eigenvalue weighted by molar-refractivity contribution is -0.157. The van der Waals surface area contributed by atoms with Crippen molar-refractivity contribution in [2.75, 3.05) is 40.5 Å². The number of hydrogen-bond donors (Lipinski definition) is 0. The molecule has 5 heterocycles. The number of pyridine rings is 1. The highest BCUT2D eigenvalue weighted by Gasteiger charge is 2.55. The number of thiocarbonyl (C=S) groups is 1. The van der Waals surface area contributed by atoms with Crippen molar-refractivity contribution in [2.24, 2.45) is 11.3 Å². The van der Waals surface area contributed by atoms with E-state index in [2.05, 4.69) is 4.90 Å². The summed E-state index contributed by atoms with van der Waals surface area (Å²) in [5.74, 6) is 1.15. The van der Waals surface area contributed by atoms with Crippen molar-refractivity contribution in [1.29, 1.82) is 0 Å². The fraction of sp³-hybridized carbons (Fsp3) is 0.462. The largest absolute Gasteiger partial charge is 0.454 e. The molecule has 0 unspecified atom stereocenters. The minimum absolute atomic E-state index is 0.0318. The van der Waals surface area contributed by atoms with Gasteiger partial charge in [0.05, 0.1) is 0 Å². The predicted octanol–water partition coefficient (Wildman–Crippen LogP) is 1.44. The zero-order valence-electron chi connectivity index (χ0n) is 20.3. The van der Waals surface area contributed by atoms with E-state index in [1.165, 1.54) is 9.80 Å². The third kappa shape index (κ3) is 3.54. The van der Waals surface area contributed by atoms with Gasteiger partial charge in [-0.2, -0.15) is 0 Å². The van der Waals surface area contributed by atoms with E-state index in [4.69, 9.17) is 21.7 Å². The minimum atomic E-state index is -1.33. The monoisotopic (exact) mass is 508 g/mol. The smallest absolute Gasteiger partial charge is 0.250 e. The molecule has 10 heteroatoms. The van der Waals surface area contributed by atoms with Gasteiger partial charge in [-0.3, -0.25) is 24.2 Å². The van der Waals surface area contributed by atoms with Crippen molar-refractivity contribution >= 4 is 29.1 Å². The molecule has 2 aromatic rings. The van der Waals surface area contributed by atoms with Gasteiger partial charge < -0.3 is 18.9 Å². The summed E-state index contributed by atoms with van der Waals surface area (Å²) in [6, 6.07) is 11.0. The molecule has 9 nitrogen and oxygen atoms in total. The number of hydrogen-bond acceptors (Lipinski definition) is 7. The average Bonchev–Trinajstić information content (AvgIpc) is 3.34. The molecule has 4 aliphatic rings. The fourth-order valence-corrected chi connectivity index (χ4v) is 6.55. The van der Waals surface area contributed by atoms with E-state index in [1.807, 2.05) is 34.9 Å². The van der Waals surface area contributed by atoms with Crippen molar-refractivity contribution in [2.45, 2.75) is 25.3 Å². The molecule has 1 aromatic heterocycles. The first-order valence-electron chi connectivity index (χ1n) is 12.2. The minimum Gasteiger partial charge on any atom is -0.454 e. The first kappa shape index (κ1) is 23.2. The molecule has 1 aromatic carbocycles. The number of fused-ring (bicyclic) bond motifs is 5. The van der Waals surface area contributed by atoms with Crippen LogP contribution in [-0.2, 0) is 22.6 Å². The van der Waals surface area contributed by atoms with Gasteiger partial charge in [0.2, 0.25) is 18.6 Å². The van der Waals surface area contributed by atoms with Gasteiger partial charge in [0, 0.05) is 58.0 Å². The molecular weight excluding hydrogens is 480 g/mol. The van der Waals surface area contributed by atoms with Gasteiger partial charge in [0.15, 0.2) is 16.6 Å². The number of ether oxygens (including phenoxy) is 2. The molecule has 2 amide bonds. The quantitative estimate of drug-likeness (QED) is 0.457. The van der Waals surface area contributed by atoms with Crippen LogP contribution in [0.2, 0.25) is 0 Å². The van der Waals surface area contributed by atoms with E-state index in [1.54, 1.807) is 20.2 Å². The first-order chi connectivity index (χ1) is 17.3. The molecule has 4 aliphatic heterocycles. The summed E-state index contributed by atoms with van der Waals surface area (Å²) < 4.78 is 12.9. The van der Waals surface area contributed by atoms with Crippen LogP contribution in [0.5, 0.6) is 11.5 Å². The predicted molar refractivity (Wildman–Crippen MR) is 135 cm³/mol. The Balaban J connectivity index is 1.35. The van der Waals surface area contributed by atoms with Crippen LogP contribution >= 0.6 is 12.2 Å². The Morgan fingerprint density at radius 2 is 1.72 bits per heavy atom.